The molecule has 6 heteroatoms. The molecule has 0 amide bonds. The molecule has 2 heterocycles. The molecular weight excluding hydrogens is 326 g/mol. The summed E-state index contributed by atoms with van der Waals surface area (Å²) in [5.41, 5.74) is 2.64. The molecule has 1 aromatic carbocycles. The molecule has 0 fully saturated rings. The number of carbonyl (C=O) groups is 1. The van der Waals surface area contributed by atoms with Crippen LogP contribution in [0.1, 0.15) is 21.6 Å². The number of rotatable bonds is 4. The Kier molecular flexibility index (Phi) is 4.73. The van der Waals surface area contributed by atoms with Crippen molar-refractivity contribution in [2.75, 3.05) is 25.5 Å². The average molecular weight is 346 g/mol. The van der Waals surface area contributed by atoms with Crippen LogP contribution in [0, 0.1) is 0 Å². The quantitative estimate of drug-likeness (QED) is 0.923. The number of anilines is 1. The van der Waals surface area contributed by atoms with E-state index in [-0.39, 0.29) is 10.7 Å². The van der Waals surface area contributed by atoms with Crippen molar-refractivity contribution in [2.24, 2.45) is 0 Å². The Morgan fingerprint density at radius 2 is 2.04 bits per heavy atom. The summed E-state index contributed by atoms with van der Waals surface area (Å²) in [5, 5.41) is 9.33. The molecule has 0 spiro atoms. The Balaban J connectivity index is 1.77. The second kappa shape index (κ2) is 6.79. The Bertz CT molecular complexity index is 766. The molecule has 1 aliphatic heterocycles. The van der Waals surface area contributed by atoms with Crippen molar-refractivity contribution in [3.63, 3.8) is 0 Å². The van der Waals surface area contributed by atoms with E-state index >= 15 is 0 Å². The molecular formula is C18H20ClN3O2. The first-order chi connectivity index (χ1) is 11.5. The molecule has 0 radical (unpaired) electrons. The largest absolute Gasteiger partial charge is 0.476 e. The van der Waals surface area contributed by atoms with Crippen LogP contribution in [-0.2, 0) is 13.0 Å². The van der Waals surface area contributed by atoms with Crippen molar-refractivity contribution >= 4 is 23.4 Å². The topological polar surface area (TPSA) is 56.7 Å². The van der Waals surface area contributed by atoms with E-state index in [4.69, 9.17) is 11.6 Å². The monoisotopic (exact) mass is 345 g/mol. The third-order valence-electron chi connectivity index (χ3n) is 4.53. The van der Waals surface area contributed by atoms with Gasteiger partial charge in [0.05, 0.1) is 5.02 Å². The molecule has 126 valence electrons. The fourth-order valence-electron chi connectivity index (χ4n) is 3.13. The average Bonchev–Trinajstić information content (AvgIpc) is 2.55. The molecule has 5 nitrogen and oxygen atoms in total. The highest BCUT2D eigenvalue weighted by atomic mass is 35.5. The van der Waals surface area contributed by atoms with Gasteiger partial charge in [0, 0.05) is 26.2 Å². The van der Waals surface area contributed by atoms with E-state index in [1.54, 1.807) is 12.1 Å². The lowest BCUT2D eigenvalue weighted by Gasteiger charge is -2.36. The van der Waals surface area contributed by atoms with Crippen LogP contribution >= 0.6 is 11.6 Å². The maximum atomic E-state index is 11.2. The van der Waals surface area contributed by atoms with E-state index in [1.165, 1.54) is 11.1 Å². The van der Waals surface area contributed by atoms with Crippen LogP contribution in [0.2, 0.25) is 5.02 Å². The van der Waals surface area contributed by atoms with Gasteiger partial charge in [0.2, 0.25) is 0 Å². The SMILES string of the molecule is CN(CC1Cc2ccccc2CN1C)c1ccc(Cl)c(C(=O)O)n1. The zero-order valence-electron chi connectivity index (χ0n) is 13.7. The molecule has 0 aliphatic carbocycles. The predicted molar refractivity (Wildman–Crippen MR) is 94.9 cm³/mol. The summed E-state index contributed by atoms with van der Waals surface area (Å²) in [4.78, 5) is 19.7. The third kappa shape index (κ3) is 3.37. The Morgan fingerprint density at radius 1 is 1.33 bits per heavy atom. The number of fused-ring (bicyclic) bond motifs is 1. The summed E-state index contributed by atoms with van der Waals surface area (Å²) in [5.74, 6) is -0.497. The molecule has 0 bridgehead atoms. The molecule has 1 unspecified atom stereocenters. The number of aromatic carboxylic acids is 1. The lowest BCUT2D eigenvalue weighted by Crippen LogP contribution is -2.45. The number of pyridine rings is 1. The van der Waals surface area contributed by atoms with Gasteiger partial charge in [-0.2, -0.15) is 0 Å². The van der Waals surface area contributed by atoms with Gasteiger partial charge in [0.15, 0.2) is 5.69 Å². The van der Waals surface area contributed by atoms with Crippen molar-refractivity contribution in [3.8, 4) is 0 Å². The van der Waals surface area contributed by atoms with Gasteiger partial charge in [-0.25, -0.2) is 9.78 Å². The van der Waals surface area contributed by atoms with Crippen LogP contribution in [-0.4, -0.2) is 47.6 Å². The Morgan fingerprint density at radius 3 is 2.75 bits per heavy atom. The molecule has 0 saturated carbocycles. The summed E-state index contributed by atoms with van der Waals surface area (Å²) in [6, 6.07) is 12.2. The van der Waals surface area contributed by atoms with E-state index < -0.39 is 5.97 Å². The highest BCUT2D eigenvalue weighted by molar-refractivity contribution is 6.33. The normalized spacial score (nSPS) is 17.4. The van der Waals surface area contributed by atoms with Crippen molar-refractivity contribution < 1.29 is 9.90 Å². The highest BCUT2D eigenvalue weighted by Gasteiger charge is 2.25. The minimum atomic E-state index is -1.11. The van der Waals surface area contributed by atoms with Crippen LogP contribution in [0.3, 0.4) is 0 Å². The number of likely N-dealkylation sites (N-methyl/N-ethyl adjacent to an activating group) is 2. The number of carboxylic acids is 1. The fourth-order valence-corrected chi connectivity index (χ4v) is 3.31. The van der Waals surface area contributed by atoms with Crippen LogP contribution in [0.25, 0.3) is 0 Å². The summed E-state index contributed by atoms with van der Waals surface area (Å²) < 4.78 is 0. The molecule has 2 aromatic rings. The Hall–Kier alpha value is -2.11. The van der Waals surface area contributed by atoms with Crippen LogP contribution in [0.4, 0.5) is 5.82 Å². The standard InChI is InChI=1S/C18H20ClN3O2/c1-21-10-13-6-4-3-5-12(13)9-14(21)11-22(2)16-8-7-15(19)17(20-16)18(23)24/h3-8,14H,9-11H2,1-2H3,(H,23,24). The van der Waals surface area contributed by atoms with Crippen molar-refractivity contribution in [1.29, 1.82) is 0 Å². The smallest absolute Gasteiger partial charge is 0.356 e. The number of halogens is 1. The van der Waals surface area contributed by atoms with Gasteiger partial charge in [0.25, 0.3) is 0 Å². The second-order valence-corrected chi connectivity index (χ2v) is 6.63. The second-order valence-electron chi connectivity index (χ2n) is 6.23. The molecule has 0 saturated heterocycles. The zero-order valence-corrected chi connectivity index (χ0v) is 14.5. The summed E-state index contributed by atoms with van der Waals surface area (Å²) in [6.07, 6.45) is 0.969. The fraction of sp³-hybridized carbons (Fsp3) is 0.333. The number of hydrogen-bond donors (Lipinski definition) is 1. The van der Waals surface area contributed by atoms with Crippen LogP contribution in [0.15, 0.2) is 36.4 Å². The van der Waals surface area contributed by atoms with Crippen LogP contribution in [0.5, 0.6) is 0 Å². The zero-order chi connectivity index (χ0) is 17.3. The van der Waals surface area contributed by atoms with Gasteiger partial charge in [-0.3, -0.25) is 4.90 Å². The summed E-state index contributed by atoms with van der Waals surface area (Å²) >= 11 is 5.90. The lowest BCUT2D eigenvalue weighted by atomic mass is 9.94. The minimum Gasteiger partial charge on any atom is -0.476 e. The van der Waals surface area contributed by atoms with E-state index in [9.17, 15) is 9.90 Å². The molecule has 1 aliphatic rings. The summed E-state index contributed by atoms with van der Waals surface area (Å²) in [7, 11) is 4.04. The molecule has 1 aromatic heterocycles. The molecule has 1 N–H and O–H groups in total. The van der Waals surface area contributed by atoms with Crippen LogP contribution < -0.4 is 4.90 Å². The molecule has 1 atom stereocenters. The van der Waals surface area contributed by atoms with Crippen molar-refractivity contribution in [3.05, 3.63) is 58.2 Å². The van der Waals surface area contributed by atoms with Gasteiger partial charge in [-0.1, -0.05) is 35.9 Å². The predicted octanol–water partition coefficient (Wildman–Crippen LogP) is 2.93. The molecule has 24 heavy (non-hydrogen) atoms. The van der Waals surface area contributed by atoms with E-state index in [0.29, 0.717) is 11.9 Å². The third-order valence-corrected chi connectivity index (χ3v) is 4.83. The van der Waals surface area contributed by atoms with Gasteiger partial charge in [-0.05, 0) is 36.7 Å². The Labute approximate surface area is 146 Å². The van der Waals surface area contributed by atoms with Crippen molar-refractivity contribution in [1.82, 2.24) is 9.88 Å². The van der Waals surface area contributed by atoms with E-state index in [1.807, 2.05) is 11.9 Å². The van der Waals surface area contributed by atoms with Gasteiger partial charge < -0.3 is 10.0 Å². The van der Waals surface area contributed by atoms with Crippen molar-refractivity contribution in [2.45, 2.75) is 19.0 Å². The first kappa shape index (κ1) is 16.7. The highest BCUT2D eigenvalue weighted by Crippen LogP contribution is 2.24. The number of benzene rings is 1. The minimum absolute atomic E-state index is 0.108. The van der Waals surface area contributed by atoms with E-state index in [0.717, 1.165) is 19.5 Å². The maximum absolute atomic E-state index is 11.2. The first-order valence-electron chi connectivity index (χ1n) is 7.83. The first-order valence-corrected chi connectivity index (χ1v) is 8.21. The summed E-state index contributed by atoms with van der Waals surface area (Å²) in [6.45, 7) is 1.68. The van der Waals surface area contributed by atoms with Gasteiger partial charge >= 0.3 is 5.97 Å². The number of hydrogen-bond acceptors (Lipinski definition) is 4. The number of carboxylic acid groups (broad SMARTS) is 1. The van der Waals surface area contributed by atoms with E-state index in [2.05, 4.69) is 41.2 Å². The maximum Gasteiger partial charge on any atom is 0.356 e. The number of aromatic nitrogens is 1. The lowest BCUT2D eigenvalue weighted by molar-refractivity contribution is 0.0691. The van der Waals surface area contributed by atoms with Gasteiger partial charge in [-0.15, -0.1) is 0 Å². The molecule has 3 rings (SSSR count). The number of nitrogens with zero attached hydrogens (tertiary/aromatic N) is 3. The van der Waals surface area contributed by atoms with Gasteiger partial charge in [0.1, 0.15) is 5.82 Å².